The van der Waals surface area contributed by atoms with Crippen LogP contribution >= 0.6 is 0 Å². The van der Waals surface area contributed by atoms with Crippen molar-refractivity contribution >= 4 is 11.9 Å². The zero-order valence-electron chi connectivity index (χ0n) is 41.4. The summed E-state index contributed by atoms with van der Waals surface area (Å²) in [7, 11) is 0. The number of unbranched alkanes of at least 4 members (excludes halogenated alkanes) is 26. The Morgan fingerprint density at radius 3 is 1.43 bits per heavy atom. The van der Waals surface area contributed by atoms with E-state index in [4.69, 9.17) is 19.3 Å². The van der Waals surface area contributed by atoms with Gasteiger partial charge >= 0.3 is 11.9 Å². The second-order valence-electron chi connectivity index (χ2n) is 18.3. The van der Waals surface area contributed by atoms with Crippen LogP contribution in [0.2, 0.25) is 0 Å². The highest BCUT2D eigenvalue weighted by molar-refractivity contribution is 5.81. The third-order valence-electron chi connectivity index (χ3n) is 12.2. The highest BCUT2D eigenvalue weighted by Crippen LogP contribution is 2.27. The minimum absolute atomic E-state index is 0.00685. The van der Waals surface area contributed by atoms with Crippen LogP contribution in [-0.2, 0) is 23.8 Å². The molecule has 0 aromatic carbocycles. The van der Waals surface area contributed by atoms with Crippen molar-refractivity contribution in [2.45, 2.75) is 273 Å². The fourth-order valence-corrected chi connectivity index (χ4v) is 8.03. The van der Waals surface area contributed by atoms with Crippen molar-refractivity contribution in [2.75, 3.05) is 33.0 Å². The van der Waals surface area contributed by atoms with E-state index < -0.39 is 0 Å². The van der Waals surface area contributed by atoms with E-state index in [2.05, 4.69) is 41.5 Å². The molecule has 0 saturated carbocycles. The van der Waals surface area contributed by atoms with Crippen LogP contribution in [0.4, 0.5) is 0 Å². The summed E-state index contributed by atoms with van der Waals surface area (Å²) in [6.45, 7) is 15.4. The number of aliphatic hydroxyl groups is 1. The van der Waals surface area contributed by atoms with Crippen molar-refractivity contribution in [2.24, 2.45) is 17.8 Å². The topological polar surface area (TPSA) is 82.1 Å². The Bertz CT molecular complexity index is 872. The van der Waals surface area contributed by atoms with Gasteiger partial charge in [0.15, 0.2) is 0 Å². The van der Waals surface area contributed by atoms with E-state index in [0.717, 1.165) is 31.1 Å². The summed E-state index contributed by atoms with van der Waals surface area (Å²) < 4.78 is 15.8. The molecule has 60 heavy (non-hydrogen) atoms. The first-order chi connectivity index (χ1) is 29.4. The van der Waals surface area contributed by atoms with Gasteiger partial charge in [-0.3, -0.25) is 4.79 Å². The van der Waals surface area contributed by atoms with Crippen LogP contribution in [0.15, 0.2) is 12.2 Å². The van der Waals surface area contributed by atoms with Crippen LogP contribution in [0.5, 0.6) is 0 Å². The Hall–Kier alpha value is -1.40. The summed E-state index contributed by atoms with van der Waals surface area (Å²) in [6, 6.07) is 0. The van der Waals surface area contributed by atoms with Crippen molar-refractivity contribution in [3.05, 3.63) is 12.2 Å². The summed E-state index contributed by atoms with van der Waals surface area (Å²) in [6.07, 6.45) is 49.9. The number of carbonyl (C=O) groups excluding carboxylic acids is 2. The van der Waals surface area contributed by atoms with E-state index in [1.807, 2.05) is 6.08 Å². The standard InChI is InChI=1S/C34H66O2.C20H40O4/c1-6-9-12-14-16-18-20-22-25-32(26-24-28-33(31(4)5)27-11-8-3)30-36-34(35)29-23-21-19-17-15-13-10-7-2;1-2-3-4-5-6-7-8-9-10-11-12-13-14-15-20(22)24-19-18-23-17-16-21/h23,29,31-33H,6-22,24-28,30H2,1-5H3;21H,2-19H2,1H3. The van der Waals surface area contributed by atoms with Gasteiger partial charge in [-0.1, -0.05) is 240 Å². The minimum Gasteiger partial charge on any atom is -0.463 e. The largest absolute Gasteiger partial charge is 0.463 e. The molecule has 2 atom stereocenters. The predicted octanol–water partition coefficient (Wildman–Crippen LogP) is 16.6. The SMILES string of the molecule is CCCCCCCCC=CC(=O)OCC(CCCCCCCCCC)CCCC(CCCC)C(C)C.CCCCCCCCCCCCCCCC(=O)OCCOCCO. The summed E-state index contributed by atoms with van der Waals surface area (Å²) >= 11 is 0. The highest BCUT2D eigenvalue weighted by Gasteiger charge is 2.16. The smallest absolute Gasteiger partial charge is 0.330 e. The van der Waals surface area contributed by atoms with Gasteiger partial charge in [-0.15, -0.1) is 0 Å². The lowest BCUT2D eigenvalue weighted by Gasteiger charge is -2.22. The molecule has 358 valence electrons. The van der Waals surface area contributed by atoms with Gasteiger partial charge in [0.1, 0.15) is 6.61 Å². The monoisotopic (exact) mass is 851 g/mol. The van der Waals surface area contributed by atoms with E-state index in [9.17, 15) is 9.59 Å². The van der Waals surface area contributed by atoms with Crippen LogP contribution in [0.25, 0.3) is 0 Å². The molecule has 0 aromatic rings. The minimum atomic E-state index is -0.134. The van der Waals surface area contributed by atoms with Gasteiger partial charge in [-0.05, 0) is 49.9 Å². The molecule has 0 aromatic heterocycles. The Kier molecular flexibility index (Phi) is 52.5. The van der Waals surface area contributed by atoms with Crippen LogP contribution in [-0.4, -0.2) is 50.1 Å². The molecule has 0 bridgehead atoms. The van der Waals surface area contributed by atoms with Gasteiger partial charge in [0.05, 0.1) is 26.4 Å². The fourth-order valence-electron chi connectivity index (χ4n) is 8.03. The van der Waals surface area contributed by atoms with E-state index in [1.54, 1.807) is 6.08 Å². The molecule has 0 aliphatic carbocycles. The molecule has 0 rings (SSSR count). The van der Waals surface area contributed by atoms with Crippen LogP contribution in [0.1, 0.15) is 273 Å². The van der Waals surface area contributed by atoms with Gasteiger partial charge < -0.3 is 19.3 Å². The second-order valence-corrected chi connectivity index (χ2v) is 18.3. The maximum atomic E-state index is 12.3. The van der Waals surface area contributed by atoms with Gasteiger partial charge in [0.25, 0.3) is 0 Å². The van der Waals surface area contributed by atoms with Crippen molar-refractivity contribution in [1.29, 1.82) is 0 Å². The second kappa shape index (κ2) is 51.9. The normalized spacial score (nSPS) is 12.5. The molecule has 1 N–H and O–H groups in total. The first-order valence-corrected chi connectivity index (χ1v) is 26.5. The van der Waals surface area contributed by atoms with Crippen molar-refractivity contribution in [3.63, 3.8) is 0 Å². The Morgan fingerprint density at radius 2 is 0.933 bits per heavy atom. The van der Waals surface area contributed by atoms with E-state index in [1.165, 1.54) is 205 Å². The maximum Gasteiger partial charge on any atom is 0.330 e. The Morgan fingerprint density at radius 1 is 0.483 bits per heavy atom. The summed E-state index contributed by atoms with van der Waals surface area (Å²) in [4.78, 5) is 23.8. The third kappa shape index (κ3) is 49.3. The van der Waals surface area contributed by atoms with Crippen LogP contribution in [0, 0.1) is 17.8 Å². The number of rotatable bonds is 46. The molecule has 0 aliphatic heterocycles. The molecule has 0 heterocycles. The van der Waals surface area contributed by atoms with E-state index in [-0.39, 0.29) is 25.2 Å². The molecular weight excluding hydrogens is 745 g/mol. The summed E-state index contributed by atoms with van der Waals surface area (Å²) in [5.41, 5.74) is 0. The van der Waals surface area contributed by atoms with Crippen LogP contribution in [0.3, 0.4) is 0 Å². The fraction of sp³-hybridized carbons (Fsp3) is 0.926. The number of aliphatic hydroxyl groups excluding tert-OH is 1. The number of hydrogen-bond acceptors (Lipinski definition) is 6. The average Bonchev–Trinajstić information content (AvgIpc) is 3.24. The molecule has 0 aliphatic rings. The van der Waals surface area contributed by atoms with Gasteiger partial charge in [-0.2, -0.15) is 0 Å². The lowest BCUT2D eigenvalue weighted by Crippen LogP contribution is -2.15. The number of ether oxygens (including phenoxy) is 3. The number of carbonyl (C=O) groups is 2. The first-order valence-electron chi connectivity index (χ1n) is 26.5. The average molecular weight is 851 g/mol. The molecule has 0 saturated heterocycles. The first kappa shape index (κ1) is 60.7. The number of esters is 2. The molecule has 6 nitrogen and oxygen atoms in total. The predicted molar refractivity (Wildman–Crippen MR) is 260 cm³/mol. The van der Waals surface area contributed by atoms with E-state index >= 15 is 0 Å². The summed E-state index contributed by atoms with van der Waals surface area (Å²) in [5.74, 6) is 1.88. The lowest BCUT2D eigenvalue weighted by molar-refractivity contribution is -0.145. The molecule has 2 unspecified atom stereocenters. The van der Waals surface area contributed by atoms with Gasteiger partial charge in [-0.25, -0.2) is 4.79 Å². The van der Waals surface area contributed by atoms with Crippen LogP contribution < -0.4 is 0 Å². The third-order valence-corrected chi connectivity index (χ3v) is 12.2. The van der Waals surface area contributed by atoms with Crippen molar-refractivity contribution in [3.8, 4) is 0 Å². The molecule has 6 heteroatoms. The number of hydrogen-bond donors (Lipinski definition) is 1. The quantitative estimate of drug-likeness (QED) is 0.0373. The van der Waals surface area contributed by atoms with Crippen molar-refractivity contribution in [1.82, 2.24) is 0 Å². The van der Waals surface area contributed by atoms with Crippen molar-refractivity contribution < 1.29 is 28.9 Å². The zero-order valence-corrected chi connectivity index (χ0v) is 41.4. The highest BCUT2D eigenvalue weighted by atomic mass is 16.6. The lowest BCUT2D eigenvalue weighted by atomic mass is 9.84. The molecular formula is C54H106O6. The zero-order chi connectivity index (χ0) is 44.4. The number of allylic oxidation sites excluding steroid dienone is 1. The summed E-state index contributed by atoms with van der Waals surface area (Å²) in [5, 5.41) is 8.53. The van der Waals surface area contributed by atoms with E-state index in [0.29, 0.717) is 32.2 Å². The van der Waals surface area contributed by atoms with Gasteiger partial charge in [0.2, 0.25) is 0 Å². The molecule has 0 radical (unpaired) electrons. The van der Waals surface area contributed by atoms with Gasteiger partial charge in [0, 0.05) is 12.5 Å². The molecule has 0 amide bonds. The molecule has 0 fully saturated rings. The Labute approximate surface area is 375 Å². The Balaban J connectivity index is 0. The molecule has 0 spiro atoms. The maximum absolute atomic E-state index is 12.3.